The molecule has 7 heteroatoms. The van der Waals surface area contributed by atoms with Crippen molar-refractivity contribution in [2.24, 2.45) is 5.92 Å². The average Bonchev–Trinajstić information content (AvgIpc) is 2.17. The zero-order valence-electron chi connectivity index (χ0n) is 8.33. The number of aliphatic carboxylic acids is 2. The van der Waals surface area contributed by atoms with Crippen molar-refractivity contribution < 1.29 is 35.1 Å². The third-order valence-electron chi connectivity index (χ3n) is 1.43. The van der Waals surface area contributed by atoms with E-state index in [9.17, 15) is 9.59 Å². The van der Waals surface area contributed by atoms with E-state index < -0.39 is 24.0 Å². The molecule has 0 aromatic heterocycles. The normalized spacial score (nSPS) is 9.73. The van der Waals surface area contributed by atoms with Crippen LogP contribution in [0.5, 0.6) is 0 Å². The molecule has 0 bridgehead atoms. The molecule has 0 saturated heterocycles. The van der Waals surface area contributed by atoms with Crippen molar-refractivity contribution in [3.05, 3.63) is 0 Å². The van der Waals surface area contributed by atoms with Crippen LogP contribution in [-0.4, -0.2) is 56.8 Å². The molecule has 15 heavy (non-hydrogen) atoms. The van der Waals surface area contributed by atoms with Crippen LogP contribution in [-0.2, 0) is 9.59 Å². The van der Waals surface area contributed by atoms with Gasteiger partial charge in [0.2, 0.25) is 0 Å². The summed E-state index contributed by atoms with van der Waals surface area (Å²) in [7, 11) is 0. The van der Waals surface area contributed by atoms with Crippen molar-refractivity contribution >= 4 is 11.9 Å². The monoisotopic (exact) mass is 224 g/mol. The van der Waals surface area contributed by atoms with Gasteiger partial charge in [0.15, 0.2) is 5.92 Å². The van der Waals surface area contributed by atoms with E-state index in [-0.39, 0.29) is 19.6 Å². The Hall–Kier alpha value is -1.18. The molecule has 0 rings (SSSR count). The van der Waals surface area contributed by atoms with E-state index in [4.69, 9.17) is 25.5 Å². The third-order valence-corrected chi connectivity index (χ3v) is 1.43. The van der Waals surface area contributed by atoms with Crippen molar-refractivity contribution in [2.45, 2.75) is 19.4 Å². The second-order valence-electron chi connectivity index (χ2n) is 2.66. The quantitative estimate of drug-likeness (QED) is 0.359. The molecule has 0 radical (unpaired) electrons. The fraction of sp³-hybridized carbons (Fsp3) is 0.750. The lowest BCUT2D eigenvalue weighted by Gasteiger charge is -2.00. The van der Waals surface area contributed by atoms with Crippen molar-refractivity contribution in [3.8, 4) is 0 Å². The van der Waals surface area contributed by atoms with E-state index in [0.717, 1.165) is 0 Å². The Morgan fingerprint density at radius 1 is 1.07 bits per heavy atom. The van der Waals surface area contributed by atoms with Crippen LogP contribution >= 0.6 is 0 Å². The van der Waals surface area contributed by atoms with Crippen molar-refractivity contribution in [1.29, 1.82) is 0 Å². The summed E-state index contributed by atoms with van der Waals surface area (Å²) in [5, 5.41) is 40.3. The highest BCUT2D eigenvalue weighted by molar-refractivity contribution is 5.92. The van der Waals surface area contributed by atoms with E-state index in [1.54, 1.807) is 0 Å². The Morgan fingerprint density at radius 3 is 1.40 bits per heavy atom. The molecular formula is C8H16O7. The average molecular weight is 224 g/mol. The Kier molecular flexibility index (Phi) is 10.2. The van der Waals surface area contributed by atoms with Gasteiger partial charge in [-0.15, -0.1) is 0 Å². The molecule has 0 unspecified atom stereocenters. The maximum absolute atomic E-state index is 9.99. The zero-order chi connectivity index (χ0) is 12.4. The second-order valence-corrected chi connectivity index (χ2v) is 2.66. The molecule has 90 valence electrons. The van der Waals surface area contributed by atoms with Gasteiger partial charge in [-0.1, -0.05) is 6.92 Å². The molecular weight excluding hydrogens is 208 g/mol. The van der Waals surface area contributed by atoms with Crippen molar-refractivity contribution in [3.63, 3.8) is 0 Å². The number of hydrogen-bond donors (Lipinski definition) is 5. The highest BCUT2D eigenvalue weighted by atomic mass is 16.4. The van der Waals surface area contributed by atoms with Crippen LogP contribution in [0.1, 0.15) is 13.3 Å². The van der Waals surface area contributed by atoms with Gasteiger partial charge in [0.25, 0.3) is 0 Å². The van der Waals surface area contributed by atoms with Crippen LogP contribution in [0.2, 0.25) is 0 Å². The van der Waals surface area contributed by atoms with Gasteiger partial charge in [0, 0.05) is 0 Å². The highest BCUT2D eigenvalue weighted by Gasteiger charge is 2.22. The minimum atomic E-state index is -1.27. The van der Waals surface area contributed by atoms with Gasteiger partial charge in [-0.25, -0.2) is 0 Å². The van der Waals surface area contributed by atoms with Crippen molar-refractivity contribution in [2.75, 3.05) is 13.2 Å². The first-order chi connectivity index (χ1) is 6.90. The van der Waals surface area contributed by atoms with E-state index >= 15 is 0 Å². The molecule has 0 aliphatic carbocycles. The highest BCUT2D eigenvalue weighted by Crippen LogP contribution is 2.00. The molecule has 0 aliphatic heterocycles. The number of carboxylic acid groups (broad SMARTS) is 2. The number of rotatable bonds is 5. The SMILES string of the molecule is CCC(C(=O)O)C(=O)O.OCC(O)CO. The fourth-order valence-corrected chi connectivity index (χ4v) is 0.513. The number of carboxylic acids is 2. The van der Waals surface area contributed by atoms with Crippen LogP contribution in [0.3, 0.4) is 0 Å². The molecule has 0 aliphatic rings. The smallest absolute Gasteiger partial charge is 0.317 e. The minimum absolute atomic E-state index is 0.130. The van der Waals surface area contributed by atoms with Crippen LogP contribution in [0.25, 0.3) is 0 Å². The number of aliphatic hydroxyl groups is 3. The van der Waals surface area contributed by atoms with Crippen LogP contribution in [0, 0.1) is 5.92 Å². The predicted molar refractivity (Wildman–Crippen MR) is 49.2 cm³/mol. The summed E-state index contributed by atoms with van der Waals surface area (Å²) in [4.78, 5) is 20.0. The molecule has 7 nitrogen and oxygen atoms in total. The minimum Gasteiger partial charge on any atom is -0.481 e. The zero-order valence-corrected chi connectivity index (χ0v) is 8.33. The first-order valence-corrected chi connectivity index (χ1v) is 4.26. The summed E-state index contributed by atoms with van der Waals surface area (Å²) in [5.41, 5.74) is 0. The van der Waals surface area contributed by atoms with Crippen LogP contribution in [0.15, 0.2) is 0 Å². The molecule has 0 amide bonds. The molecule has 0 saturated carbocycles. The topological polar surface area (TPSA) is 135 Å². The van der Waals surface area contributed by atoms with Gasteiger partial charge in [0.05, 0.1) is 13.2 Å². The first-order valence-electron chi connectivity index (χ1n) is 4.26. The molecule has 0 aromatic rings. The van der Waals surface area contributed by atoms with E-state index in [0.29, 0.717) is 0 Å². The number of carbonyl (C=O) groups is 2. The second kappa shape index (κ2) is 9.38. The maximum atomic E-state index is 9.99. The first kappa shape index (κ1) is 16.3. The summed E-state index contributed by atoms with van der Waals surface area (Å²) in [6.45, 7) is 0.792. The lowest BCUT2D eigenvalue weighted by molar-refractivity contribution is -0.154. The van der Waals surface area contributed by atoms with Gasteiger partial charge in [-0.05, 0) is 6.42 Å². The Bertz CT molecular complexity index is 173. The Balaban J connectivity index is 0. The van der Waals surface area contributed by atoms with E-state index in [1.807, 2.05) is 0 Å². The molecule has 0 spiro atoms. The lowest BCUT2D eigenvalue weighted by Crippen LogP contribution is -2.21. The Labute approximate surface area is 86.6 Å². The maximum Gasteiger partial charge on any atom is 0.317 e. The largest absolute Gasteiger partial charge is 0.481 e. The third kappa shape index (κ3) is 9.13. The fourth-order valence-electron chi connectivity index (χ4n) is 0.513. The van der Waals surface area contributed by atoms with Crippen LogP contribution in [0.4, 0.5) is 0 Å². The van der Waals surface area contributed by atoms with Gasteiger partial charge in [-0.2, -0.15) is 0 Å². The van der Waals surface area contributed by atoms with E-state index in [2.05, 4.69) is 0 Å². The van der Waals surface area contributed by atoms with Gasteiger partial charge in [-0.3, -0.25) is 9.59 Å². The van der Waals surface area contributed by atoms with Crippen molar-refractivity contribution in [1.82, 2.24) is 0 Å². The Morgan fingerprint density at radius 2 is 1.40 bits per heavy atom. The summed E-state index contributed by atoms with van der Waals surface area (Å²) < 4.78 is 0. The predicted octanol–water partition coefficient (Wildman–Crippen LogP) is -1.49. The van der Waals surface area contributed by atoms with Gasteiger partial charge < -0.3 is 25.5 Å². The summed E-state index contributed by atoms with van der Waals surface area (Å²) in [6, 6.07) is 0. The number of hydrogen-bond acceptors (Lipinski definition) is 5. The molecule has 5 N–H and O–H groups in total. The van der Waals surface area contributed by atoms with Gasteiger partial charge in [0.1, 0.15) is 6.10 Å². The standard InChI is InChI=1S/C5H8O4.C3H8O3/c1-2-3(4(6)7)5(8)9;4-1-3(6)2-5/h3H,2H2,1H3,(H,6,7)(H,8,9);3-6H,1-2H2. The molecule has 0 heterocycles. The molecule has 0 fully saturated rings. The van der Waals surface area contributed by atoms with E-state index in [1.165, 1.54) is 6.92 Å². The van der Waals surface area contributed by atoms with Gasteiger partial charge >= 0.3 is 11.9 Å². The summed E-state index contributed by atoms with van der Waals surface area (Å²) in [5.74, 6) is -3.79. The number of aliphatic hydroxyl groups excluding tert-OH is 3. The lowest BCUT2D eigenvalue weighted by atomic mass is 10.1. The summed E-state index contributed by atoms with van der Waals surface area (Å²) >= 11 is 0. The molecule has 0 atom stereocenters. The molecule has 0 aromatic carbocycles. The summed E-state index contributed by atoms with van der Waals surface area (Å²) in [6.07, 6.45) is -0.824. The van der Waals surface area contributed by atoms with Crippen LogP contribution < -0.4 is 0 Å².